The highest BCUT2D eigenvalue weighted by atomic mass is 19.3. The number of hydrogen-bond acceptors (Lipinski definition) is 4. The number of anilines is 1. The molecule has 1 rings (SSSR count). The minimum Gasteiger partial charge on any atom is -0.398 e. The van der Waals surface area contributed by atoms with E-state index in [2.05, 4.69) is 9.72 Å². The van der Waals surface area contributed by atoms with Crippen molar-refractivity contribution in [3.63, 3.8) is 0 Å². The Morgan fingerprint density at radius 1 is 1.53 bits per heavy atom. The number of hydrogen-bond donors (Lipinski definition) is 1. The Balaban J connectivity index is 2.28. The molecule has 0 aromatic carbocycles. The van der Waals surface area contributed by atoms with Gasteiger partial charge in [-0.25, -0.2) is 8.78 Å². The van der Waals surface area contributed by atoms with E-state index >= 15 is 0 Å². The van der Waals surface area contributed by atoms with E-state index in [1.165, 1.54) is 12.4 Å². The van der Waals surface area contributed by atoms with Crippen molar-refractivity contribution in [2.45, 2.75) is 19.3 Å². The average molecular weight is 244 g/mol. The SMILES string of the molecule is Nc1ccncc1CC(=O)CCOCC(F)F. The van der Waals surface area contributed by atoms with E-state index in [1.807, 2.05) is 0 Å². The topological polar surface area (TPSA) is 65.2 Å². The quantitative estimate of drug-likeness (QED) is 0.737. The summed E-state index contributed by atoms with van der Waals surface area (Å²) in [6.07, 6.45) is 0.806. The van der Waals surface area contributed by atoms with Gasteiger partial charge >= 0.3 is 0 Å². The number of ether oxygens (including phenoxy) is 1. The number of carbonyl (C=O) groups excluding carboxylic acids is 1. The lowest BCUT2D eigenvalue weighted by Gasteiger charge is -2.05. The van der Waals surface area contributed by atoms with E-state index in [1.54, 1.807) is 6.07 Å². The van der Waals surface area contributed by atoms with Gasteiger partial charge in [-0.1, -0.05) is 0 Å². The first-order chi connectivity index (χ1) is 8.09. The summed E-state index contributed by atoms with van der Waals surface area (Å²) in [5, 5.41) is 0. The number of rotatable bonds is 7. The summed E-state index contributed by atoms with van der Waals surface area (Å²) in [5.41, 5.74) is 6.79. The summed E-state index contributed by atoms with van der Waals surface area (Å²) in [4.78, 5) is 15.3. The predicted molar refractivity (Wildman–Crippen MR) is 58.8 cm³/mol. The van der Waals surface area contributed by atoms with Crippen LogP contribution in [-0.4, -0.2) is 30.4 Å². The van der Waals surface area contributed by atoms with Crippen LogP contribution in [0.4, 0.5) is 14.5 Å². The smallest absolute Gasteiger partial charge is 0.261 e. The van der Waals surface area contributed by atoms with Crippen molar-refractivity contribution in [2.24, 2.45) is 0 Å². The molecule has 0 spiro atoms. The van der Waals surface area contributed by atoms with Crippen LogP contribution in [0.2, 0.25) is 0 Å². The van der Waals surface area contributed by atoms with Crippen molar-refractivity contribution < 1.29 is 18.3 Å². The summed E-state index contributed by atoms with van der Waals surface area (Å²) in [7, 11) is 0. The van der Waals surface area contributed by atoms with Gasteiger partial charge in [0.05, 0.1) is 6.61 Å². The summed E-state index contributed by atoms with van der Waals surface area (Å²) in [6.45, 7) is -0.633. The zero-order valence-corrected chi connectivity index (χ0v) is 9.23. The van der Waals surface area contributed by atoms with Gasteiger partial charge in [0.25, 0.3) is 6.43 Å². The first-order valence-corrected chi connectivity index (χ1v) is 5.15. The number of nitrogen functional groups attached to an aromatic ring is 1. The first kappa shape index (κ1) is 13.5. The molecule has 94 valence electrons. The zero-order valence-electron chi connectivity index (χ0n) is 9.23. The third-order valence-corrected chi connectivity index (χ3v) is 2.10. The molecule has 4 nitrogen and oxygen atoms in total. The third-order valence-electron chi connectivity index (χ3n) is 2.10. The standard InChI is InChI=1S/C11H14F2N2O2/c12-11(13)7-17-4-2-9(16)5-8-6-15-3-1-10(8)14/h1,3,6,11H,2,4-5,7H2,(H2,14,15). The molecule has 0 unspecified atom stereocenters. The maximum absolute atomic E-state index is 11.7. The van der Waals surface area contributed by atoms with E-state index in [9.17, 15) is 13.6 Å². The Hall–Kier alpha value is -1.56. The summed E-state index contributed by atoms with van der Waals surface area (Å²) >= 11 is 0. The van der Waals surface area contributed by atoms with E-state index in [4.69, 9.17) is 5.73 Å². The van der Waals surface area contributed by atoms with Crippen LogP contribution < -0.4 is 5.73 Å². The second-order valence-corrected chi connectivity index (χ2v) is 3.51. The molecule has 0 saturated heterocycles. The van der Waals surface area contributed by atoms with Crippen molar-refractivity contribution in [1.29, 1.82) is 0 Å². The van der Waals surface area contributed by atoms with Crippen LogP contribution in [0, 0.1) is 0 Å². The van der Waals surface area contributed by atoms with Gasteiger partial charge in [-0.3, -0.25) is 9.78 Å². The molecule has 0 aliphatic rings. The van der Waals surface area contributed by atoms with Gasteiger partial charge in [0.1, 0.15) is 12.4 Å². The Labute approximate surface area is 97.8 Å². The molecule has 0 atom stereocenters. The lowest BCUT2D eigenvalue weighted by Crippen LogP contribution is -2.11. The zero-order chi connectivity index (χ0) is 12.7. The number of nitrogens with two attached hydrogens (primary N) is 1. The lowest BCUT2D eigenvalue weighted by molar-refractivity contribution is -0.119. The summed E-state index contributed by atoms with van der Waals surface area (Å²) in [5.74, 6) is -0.112. The fourth-order valence-electron chi connectivity index (χ4n) is 1.24. The van der Waals surface area contributed by atoms with Crippen LogP contribution >= 0.6 is 0 Å². The van der Waals surface area contributed by atoms with Gasteiger partial charge in [-0.05, 0) is 6.07 Å². The molecule has 0 aliphatic carbocycles. The molecule has 0 bridgehead atoms. The van der Waals surface area contributed by atoms with Crippen molar-refractivity contribution >= 4 is 11.5 Å². The molecule has 6 heteroatoms. The predicted octanol–water partition coefficient (Wildman–Crippen LogP) is 1.45. The number of Topliss-reactive ketones (excluding diaryl/α,β-unsaturated/α-hetero) is 1. The highest BCUT2D eigenvalue weighted by Gasteiger charge is 2.08. The molecular formula is C11H14F2N2O2. The third kappa shape index (κ3) is 5.35. The van der Waals surface area contributed by atoms with Crippen molar-refractivity contribution in [3.05, 3.63) is 24.0 Å². The maximum atomic E-state index is 11.7. The van der Waals surface area contributed by atoms with Crippen molar-refractivity contribution in [2.75, 3.05) is 18.9 Å². The second-order valence-electron chi connectivity index (χ2n) is 3.51. The molecule has 0 aliphatic heterocycles. The Morgan fingerprint density at radius 3 is 2.94 bits per heavy atom. The second kappa shape index (κ2) is 6.90. The molecule has 1 aromatic rings. The van der Waals surface area contributed by atoms with Gasteiger partial charge in [0, 0.05) is 36.5 Å². The highest BCUT2D eigenvalue weighted by molar-refractivity contribution is 5.82. The minimum absolute atomic E-state index is 0.00331. The van der Waals surface area contributed by atoms with Crippen LogP contribution in [0.1, 0.15) is 12.0 Å². The van der Waals surface area contributed by atoms with Gasteiger partial charge in [0.2, 0.25) is 0 Å². The van der Waals surface area contributed by atoms with Crippen LogP contribution in [0.25, 0.3) is 0 Å². The van der Waals surface area contributed by atoms with Crippen LogP contribution in [0.15, 0.2) is 18.5 Å². The Morgan fingerprint density at radius 2 is 2.29 bits per heavy atom. The molecule has 17 heavy (non-hydrogen) atoms. The molecule has 0 amide bonds. The van der Waals surface area contributed by atoms with E-state index in [-0.39, 0.29) is 25.2 Å². The molecule has 0 radical (unpaired) electrons. The monoisotopic (exact) mass is 244 g/mol. The summed E-state index contributed by atoms with van der Waals surface area (Å²) < 4.78 is 28.1. The highest BCUT2D eigenvalue weighted by Crippen LogP contribution is 2.10. The number of halogens is 2. The fraction of sp³-hybridized carbons (Fsp3) is 0.455. The number of pyridine rings is 1. The number of aromatic nitrogens is 1. The Kier molecular flexibility index (Phi) is 5.48. The van der Waals surface area contributed by atoms with Crippen LogP contribution in [0.5, 0.6) is 0 Å². The van der Waals surface area contributed by atoms with E-state index in [0.717, 1.165) is 0 Å². The minimum atomic E-state index is -2.50. The largest absolute Gasteiger partial charge is 0.398 e. The maximum Gasteiger partial charge on any atom is 0.261 e. The average Bonchev–Trinajstić information content (AvgIpc) is 2.27. The van der Waals surface area contributed by atoms with E-state index in [0.29, 0.717) is 11.3 Å². The lowest BCUT2D eigenvalue weighted by atomic mass is 10.1. The molecule has 0 fully saturated rings. The fourth-order valence-corrected chi connectivity index (χ4v) is 1.24. The molecular weight excluding hydrogens is 230 g/mol. The van der Waals surface area contributed by atoms with Gasteiger partial charge in [-0.15, -0.1) is 0 Å². The number of carbonyl (C=O) groups is 1. The summed E-state index contributed by atoms with van der Waals surface area (Å²) in [6, 6.07) is 1.61. The number of nitrogens with zero attached hydrogens (tertiary/aromatic N) is 1. The van der Waals surface area contributed by atoms with Gasteiger partial charge in [-0.2, -0.15) is 0 Å². The molecule has 0 saturated carbocycles. The van der Waals surface area contributed by atoms with Crippen LogP contribution in [0.3, 0.4) is 0 Å². The van der Waals surface area contributed by atoms with Gasteiger partial charge < -0.3 is 10.5 Å². The number of ketones is 1. The first-order valence-electron chi connectivity index (χ1n) is 5.15. The molecule has 2 N–H and O–H groups in total. The molecule has 1 heterocycles. The normalized spacial score (nSPS) is 10.8. The van der Waals surface area contributed by atoms with Gasteiger partial charge in [0.15, 0.2) is 0 Å². The Bertz CT molecular complexity index is 372. The molecule has 1 aromatic heterocycles. The van der Waals surface area contributed by atoms with Crippen molar-refractivity contribution in [3.8, 4) is 0 Å². The van der Waals surface area contributed by atoms with Crippen LogP contribution in [-0.2, 0) is 16.0 Å². The van der Waals surface area contributed by atoms with E-state index < -0.39 is 13.0 Å². The van der Waals surface area contributed by atoms with Crippen molar-refractivity contribution in [1.82, 2.24) is 4.98 Å². The number of alkyl halides is 2.